The van der Waals surface area contributed by atoms with E-state index < -0.39 is 5.54 Å². The van der Waals surface area contributed by atoms with Crippen LogP contribution in [0.25, 0.3) is 0 Å². The normalized spacial score (nSPS) is 23.3. The van der Waals surface area contributed by atoms with Crippen molar-refractivity contribution in [2.45, 2.75) is 56.5 Å². The molecule has 7 heteroatoms. The zero-order chi connectivity index (χ0) is 17.3. The van der Waals surface area contributed by atoms with Crippen LogP contribution in [0.2, 0.25) is 0 Å². The molecule has 1 amide bonds. The lowest BCUT2D eigenvalue weighted by molar-refractivity contribution is 0.0893. The maximum Gasteiger partial charge on any atom is 0.287 e. The molecular weight excluding hydrogens is 318 g/mol. The Hall–Kier alpha value is -2.46. The lowest BCUT2D eigenvalue weighted by atomic mass is 9.82. The standard InChI is InChI=1S/C18H23N5O2/c19-12-18(8-9-18)23-11-14(21-22-23)16(13-5-2-1-3-6-13)20-17(24)15-7-4-10-25-15/h4,7,10-11,13,16,21-22H,1-3,5-6,8-9H2,(H,20,24)/t16-/m0/s1. The molecule has 2 aliphatic carbocycles. The number of hydrogen-bond donors (Lipinski definition) is 3. The van der Waals surface area contributed by atoms with Crippen molar-refractivity contribution in [1.82, 2.24) is 21.3 Å². The Morgan fingerprint density at radius 1 is 1.40 bits per heavy atom. The number of amides is 1. The largest absolute Gasteiger partial charge is 0.459 e. The second kappa shape index (κ2) is 6.45. The molecule has 2 fully saturated rings. The third-order valence-corrected chi connectivity index (χ3v) is 5.47. The number of nitrogens with zero attached hydrogens (tertiary/aromatic N) is 2. The van der Waals surface area contributed by atoms with E-state index in [0.717, 1.165) is 31.4 Å². The van der Waals surface area contributed by atoms with Gasteiger partial charge in [0, 0.05) is 6.20 Å². The topological polar surface area (TPSA) is 93.3 Å². The molecule has 132 valence electrons. The van der Waals surface area contributed by atoms with Gasteiger partial charge in [-0.25, -0.2) is 0 Å². The highest BCUT2D eigenvalue weighted by atomic mass is 16.3. The fourth-order valence-corrected chi connectivity index (χ4v) is 3.78. The molecule has 3 N–H and O–H groups in total. The zero-order valence-corrected chi connectivity index (χ0v) is 14.1. The van der Waals surface area contributed by atoms with Crippen LogP contribution >= 0.6 is 0 Å². The first-order chi connectivity index (χ1) is 12.2. The molecule has 0 aromatic carbocycles. The van der Waals surface area contributed by atoms with Gasteiger partial charge in [-0.1, -0.05) is 19.3 Å². The molecule has 0 radical (unpaired) electrons. The number of hydrogen-bond acceptors (Lipinski definition) is 6. The highest BCUT2D eigenvalue weighted by Crippen LogP contribution is 2.41. The maximum atomic E-state index is 12.5. The van der Waals surface area contributed by atoms with Gasteiger partial charge in [-0.2, -0.15) is 5.26 Å². The average molecular weight is 341 g/mol. The smallest absolute Gasteiger partial charge is 0.287 e. The van der Waals surface area contributed by atoms with Gasteiger partial charge in [0.1, 0.15) is 5.54 Å². The number of rotatable bonds is 5. The van der Waals surface area contributed by atoms with Crippen molar-refractivity contribution in [2.75, 3.05) is 0 Å². The van der Waals surface area contributed by atoms with Gasteiger partial charge in [-0.05, 0) is 43.7 Å². The Bertz CT molecular complexity index is 696. The number of nitriles is 1. The van der Waals surface area contributed by atoms with E-state index >= 15 is 0 Å². The monoisotopic (exact) mass is 341 g/mol. The molecule has 1 aromatic heterocycles. The summed E-state index contributed by atoms with van der Waals surface area (Å²) >= 11 is 0. The van der Waals surface area contributed by atoms with Crippen LogP contribution in [0.15, 0.2) is 34.7 Å². The third kappa shape index (κ3) is 3.10. The number of nitrogens with one attached hydrogen (secondary N) is 3. The van der Waals surface area contributed by atoms with Crippen molar-refractivity contribution in [3.63, 3.8) is 0 Å². The van der Waals surface area contributed by atoms with Gasteiger partial charge >= 0.3 is 0 Å². The minimum atomic E-state index is -0.448. The van der Waals surface area contributed by atoms with Crippen LogP contribution in [0, 0.1) is 17.2 Å². The van der Waals surface area contributed by atoms with Crippen molar-refractivity contribution < 1.29 is 9.21 Å². The van der Waals surface area contributed by atoms with E-state index in [1.165, 1.54) is 25.5 Å². The number of hydrazine groups is 2. The van der Waals surface area contributed by atoms with Crippen LogP contribution in [0.5, 0.6) is 0 Å². The highest BCUT2D eigenvalue weighted by Gasteiger charge is 2.50. The molecule has 0 bridgehead atoms. The van der Waals surface area contributed by atoms with Crippen molar-refractivity contribution in [1.29, 1.82) is 5.26 Å². The fraction of sp³-hybridized carbons (Fsp3) is 0.556. The second-order valence-electron chi connectivity index (χ2n) is 7.16. The fourth-order valence-electron chi connectivity index (χ4n) is 3.78. The van der Waals surface area contributed by atoms with E-state index in [1.807, 2.05) is 11.2 Å². The predicted molar refractivity (Wildman–Crippen MR) is 90.3 cm³/mol. The molecule has 0 unspecified atom stereocenters. The Balaban J connectivity index is 1.54. The minimum absolute atomic E-state index is 0.120. The Morgan fingerprint density at radius 3 is 2.84 bits per heavy atom. The van der Waals surface area contributed by atoms with E-state index in [4.69, 9.17) is 4.42 Å². The molecule has 0 spiro atoms. The van der Waals surface area contributed by atoms with Crippen molar-refractivity contribution in [3.8, 4) is 6.07 Å². The molecule has 1 atom stereocenters. The van der Waals surface area contributed by atoms with Gasteiger partial charge in [0.2, 0.25) is 0 Å². The van der Waals surface area contributed by atoms with Gasteiger partial charge in [0.05, 0.1) is 24.1 Å². The van der Waals surface area contributed by atoms with Crippen molar-refractivity contribution in [3.05, 3.63) is 36.1 Å². The lowest BCUT2D eigenvalue weighted by Crippen LogP contribution is -2.48. The zero-order valence-electron chi connectivity index (χ0n) is 14.1. The third-order valence-electron chi connectivity index (χ3n) is 5.47. The summed E-state index contributed by atoms with van der Waals surface area (Å²) < 4.78 is 5.23. The molecule has 2 heterocycles. The summed E-state index contributed by atoms with van der Waals surface area (Å²) in [5, 5.41) is 14.4. The second-order valence-corrected chi connectivity index (χ2v) is 7.16. The van der Waals surface area contributed by atoms with Crippen LogP contribution in [0.4, 0.5) is 0 Å². The summed E-state index contributed by atoms with van der Waals surface area (Å²) in [4.78, 5) is 12.5. The highest BCUT2D eigenvalue weighted by molar-refractivity contribution is 5.91. The van der Waals surface area contributed by atoms with Crippen LogP contribution < -0.4 is 16.3 Å². The van der Waals surface area contributed by atoms with Crippen molar-refractivity contribution in [2.24, 2.45) is 5.92 Å². The molecule has 25 heavy (non-hydrogen) atoms. The first-order valence-electron chi connectivity index (χ1n) is 9.00. The number of carbonyl (C=O) groups is 1. The molecule has 7 nitrogen and oxygen atoms in total. The van der Waals surface area contributed by atoms with Crippen LogP contribution in [0.3, 0.4) is 0 Å². The van der Waals surface area contributed by atoms with Crippen LogP contribution in [-0.2, 0) is 0 Å². The number of carbonyl (C=O) groups excluding carboxylic acids is 1. The Morgan fingerprint density at radius 2 is 2.20 bits per heavy atom. The van der Waals surface area contributed by atoms with Gasteiger partial charge < -0.3 is 15.2 Å². The van der Waals surface area contributed by atoms with Gasteiger partial charge in [0.15, 0.2) is 5.76 Å². The van der Waals surface area contributed by atoms with E-state index in [2.05, 4.69) is 22.3 Å². The summed E-state index contributed by atoms with van der Waals surface area (Å²) in [6.07, 6.45) is 11.0. The Labute approximate surface area is 147 Å². The first-order valence-corrected chi connectivity index (χ1v) is 9.00. The molecular formula is C18H23N5O2. The Kier molecular flexibility index (Phi) is 4.14. The van der Waals surface area contributed by atoms with Crippen LogP contribution in [0.1, 0.15) is 55.5 Å². The summed E-state index contributed by atoms with van der Waals surface area (Å²) in [5.41, 5.74) is 6.72. The van der Waals surface area contributed by atoms with Gasteiger partial charge in [-0.15, -0.1) is 5.53 Å². The lowest BCUT2D eigenvalue weighted by Gasteiger charge is -2.31. The molecule has 3 aliphatic rings. The van der Waals surface area contributed by atoms with E-state index in [9.17, 15) is 10.1 Å². The van der Waals surface area contributed by atoms with E-state index in [-0.39, 0.29) is 11.9 Å². The van der Waals surface area contributed by atoms with E-state index in [0.29, 0.717) is 11.7 Å². The molecule has 2 saturated carbocycles. The summed E-state index contributed by atoms with van der Waals surface area (Å²) in [5.74, 6) is 0.494. The molecule has 0 saturated heterocycles. The molecule has 1 aliphatic heterocycles. The van der Waals surface area contributed by atoms with Gasteiger partial charge in [0.25, 0.3) is 5.91 Å². The summed E-state index contributed by atoms with van der Waals surface area (Å²) in [7, 11) is 0. The predicted octanol–water partition coefficient (Wildman–Crippen LogP) is 2.18. The van der Waals surface area contributed by atoms with Crippen molar-refractivity contribution >= 4 is 5.91 Å². The molecule has 4 rings (SSSR count). The number of furan rings is 1. The minimum Gasteiger partial charge on any atom is -0.459 e. The maximum absolute atomic E-state index is 12.5. The van der Waals surface area contributed by atoms with Crippen LogP contribution in [-0.4, -0.2) is 22.5 Å². The summed E-state index contributed by atoms with van der Waals surface area (Å²) in [6.45, 7) is 0. The first kappa shape index (κ1) is 16.0. The van der Waals surface area contributed by atoms with E-state index in [1.54, 1.807) is 12.1 Å². The average Bonchev–Trinajstić information content (AvgIpc) is 3.05. The van der Waals surface area contributed by atoms with Gasteiger partial charge in [-0.3, -0.25) is 9.80 Å². The molecule has 1 aromatic rings. The quantitative estimate of drug-likeness (QED) is 0.760. The SMILES string of the molecule is N#CC1(N2C=C([C@@H](NC(=O)c3ccco3)C3CCCCC3)NN2)CC1. The summed E-state index contributed by atoms with van der Waals surface area (Å²) in [6, 6.07) is 5.64.